The Morgan fingerprint density at radius 1 is 1.53 bits per heavy atom. The van der Waals surface area contributed by atoms with Gasteiger partial charge in [0.15, 0.2) is 0 Å². The van der Waals surface area contributed by atoms with Gasteiger partial charge in [-0.05, 0) is 25.7 Å². The molecule has 1 saturated carbocycles. The molecule has 3 rings (SSSR count). The number of aliphatic hydroxyl groups excluding tert-OH is 1. The summed E-state index contributed by atoms with van der Waals surface area (Å²) in [5, 5.41) is 16.1. The van der Waals surface area contributed by atoms with Gasteiger partial charge in [0.1, 0.15) is 6.33 Å². The second-order valence-electron chi connectivity index (χ2n) is 4.93. The van der Waals surface area contributed by atoms with Crippen molar-refractivity contribution in [3.05, 3.63) is 23.8 Å². The van der Waals surface area contributed by atoms with Gasteiger partial charge in [-0.1, -0.05) is 0 Å². The zero-order valence-corrected chi connectivity index (χ0v) is 10.6. The average molecular weight is 261 g/mol. The van der Waals surface area contributed by atoms with Crippen molar-refractivity contribution in [2.75, 3.05) is 6.54 Å². The van der Waals surface area contributed by atoms with Crippen LogP contribution in [0.1, 0.15) is 28.9 Å². The molecule has 1 fully saturated rings. The van der Waals surface area contributed by atoms with Crippen LogP contribution in [0.25, 0.3) is 5.78 Å². The molecule has 0 unspecified atom stereocenters. The van der Waals surface area contributed by atoms with E-state index in [4.69, 9.17) is 0 Å². The van der Waals surface area contributed by atoms with E-state index in [1.54, 1.807) is 4.52 Å². The fourth-order valence-corrected chi connectivity index (χ4v) is 2.31. The largest absolute Gasteiger partial charge is 0.393 e. The lowest BCUT2D eigenvalue weighted by molar-refractivity contribution is 0.0420. The molecule has 2 heterocycles. The number of hydrogen-bond acceptors (Lipinski definition) is 5. The SMILES string of the molecule is Cc1c(C(=O)NCC2CC(O)C2)cnc2ncnn12. The van der Waals surface area contributed by atoms with E-state index in [2.05, 4.69) is 20.4 Å². The minimum Gasteiger partial charge on any atom is -0.393 e. The van der Waals surface area contributed by atoms with Crippen molar-refractivity contribution in [3.63, 3.8) is 0 Å². The maximum absolute atomic E-state index is 12.1. The lowest BCUT2D eigenvalue weighted by Crippen LogP contribution is -2.38. The predicted octanol–water partition coefficient (Wildman–Crippen LogP) is -0.0666. The van der Waals surface area contributed by atoms with Crippen LogP contribution in [0, 0.1) is 12.8 Å². The Bertz CT molecular complexity index is 618. The number of fused-ring (bicyclic) bond motifs is 1. The minimum absolute atomic E-state index is 0.163. The zero-order chi connectivity index (χ0) is 13.4. The van der Waals surface area contributed by atoms with E-state index >= 15 is 0 Å². The molecule has 2 aromatic rings. The average Bonchev–Trinajstić information content (AvgIpc) is 2.82. The van der Waals surface area contributed by atoms with E-state index in [1.165, 1.54) is 12.5 Å². The second-order valence-corrected chi connectivity index (χ2v) is 4.93. The van der Waals surface area contributed by atoms with E-state index in [-0.39, 0.29) is 12.0 Å². The number of hydrogen-bond donors (Lipinski definition) is 2. The fraction of sp³-hybridized carbons (Fsp3) is 0.500. The Kier molecular flexibility index (Phi) is 2.90. The molecule has 1 amide bonds. The molecule has 7 nitrogen and oxygen atoms in total. The summed E-state index contributed by atoms with van der Waals surface area (Å²) in [4.78, 5) is 20.1. The van der Waals surface area contributed by atoms with Gasteiger partial charge < -0.3 is 10.4 Å². The molecule has 2 aromatic heterocycles. The smallest absolute Gasteiger partial charge is 0.254 e. The maximum Gasteiger partial charge on any atom is 0.254 e. The van der Waals surface area contributed by atoms with Crippen LogP contribution in [0.15, 0.2) is 12.5 Å². The summed E-state index contributed by atoms with van der Waals surface area (Å²) in [7, 11) is 0. The lowest BCUT2D eigenvalue weighted by Gasteiger charge is -2.31. The highest BCUT2D eigenvalue weighted by molar-refractivity contribution is 5.95. The van der Waals surface area contributed by atoms with Gasteiger partial charge in [-0.3, -0.25) is 4.79 Å². The molecule has 0 aromatic carbocycles. The van der Waals surface area contributed by atoms with Gasteiger partial charge in [-0.2, -0.15) is 10.1 Å². The Hall–Kier alpha value is -2.02. The van der Waals surface area contributed by atoms with E-state index in [1.807, 2.05) is 6.92 Å². The summed E-state index contributed by atoms with van der Waals surface area (Å²) in [6.07, 6.45) is 4.26. The van der Waals surface area contributed by atoms with Crippen LogP contribution in [0.4, 0.5) is 0 Å². The first-order chi connectivity index (χ1) is 9.15. The van der Waals surface area contributed by atoms with Crippen molar-refractivity contribution in [3.8, 4) is 0 Å². The van der Waals surface area contributed by atoms with Crippen LogP contribution >= 0.6 is 0 Å². The predicted molar refractivity (Wildman–Crippen MR) is 66.6 cm³/mol. The molecule has 1 aliphatic carbocycles. The maximum atomic E-state index is 12.1. The number of nitrogens with zero attached hydrogens (tertiary/aromatic N) is 4. The van der Waals surface area contributed by atoms with Crippen LogP contribution in [-0.4, -0.2) is 43.2 Å². The highest BCUT2D eigenvalue weighted by Crippen LogP contribution is 2.26. The fourth-order valence-electron chi connectivity index (χ4n) is 2.31. The van der Waals surface area contributed by atoms with Crippen molar-refractivity contribution in [1.29, 1.82) is 0 Å². The molecule has 0 bridgehead atoms. The molecule has 0 saturated heterocycles. The summed E-state index contributed by atoms with van der Waals surface area (Å²) in [6, 6.07) is 0. The first kappa shape index (κ1) is 12.0. The number of carbonyl (C=O) groups is 1. The van der Waals surface area contributed by atoms with Gasteiger partial charge in [0.2, 0.25) is 0 Å². The highest BCUT2D eigenvalue weighted by Gasteiger charge is 2.27. The van der Waals surface area contributed by atoms with Crippen LogP contribution in [0.3, 0.4) is 0 Å². The van der Waals surface area contributed by atoms with Crippen LogP contribution in [0.2, 0.25) is 0 Å². The number of rotatable bonds is 3. The first-order valence-corrected chi connectivity index (χ1v) is 6.26. The monoisotopic (exact) mass is 261 g/mol. The van der Waals surface area contributed by atoms with Gasteiger partial charge in [-0.15, -0.1) is 0 Å². The molecule has 0 atom stereocenters. The first-order valence-electron chi connectivity index (χ1n) is 6.26. The highest BCUT2D eigenvalue weighted by atomic mass is 16.3. The molecule has 2 N–H and O–H groups in total. The number of aliphatic hydroxyl groups is 1. The number of carbonyl (C=O) groups excluding carboxylic acids is 1. The molecule has 100 valence electrons. The van der Waals surface area contributed by atoms with Crippen LogP contribution in [0.5, 0.6) is 0 Å². The van der Waals surface area contributed by atoms with Crippen molar-refractivity contribution < 1.29 is 9.90 Å². The number of amides is 1. The van der Waals surface area contributed by atoms with Crippen LogP contribution < -0.4 is 5.32 Å². The molecule has 0 aliphatic heterocycles. The number of aromatic nitrogens is 4. The van der Waals surface area contributed by atoms with Crippen molar-refractivity contribution in [1.82, 2.24) is 24.9 Å². The molecule has 0 radical (unpaired) electrons. The summed E-state index contributed by atoms with van der Waals surface area (Å²) >= 11 is 0. The van der Waals surface area contributed by atoms with E-state index in [0.717, 1.165) is 12.8 Å². The summed E-state index contributed by atoms with van der Waals surface area (Å²) in [6.45, 7) is 2.40. The van der Waals surface area contributed by atoms with E-state index in [0.29, 0.717) is 29.5 Å². The second kappa shape index (κ2) is 4.58. The Morgan fingerprint density at radius 3 is 3.05 bits per heavy atom. The Balaban J connectivity index is 1.72. The van der Waals surface area contributed by atoms with Gasteiger partial charge in [0.25, 0.3) is 11.7 Å². The topological polar surface area (TPSA) is 92.4 Å². The van der Waals surface area contributed by atoms with Gasteiger partial charge in [0, 0.05) is 12.7 Å². The summed E-state index contributed by atoms with van der Waals surface area (Å²) < 4.78 is 1.54. The van der Waals surface area contributed by atoms with Crippen molar-refractivity contribution in [2.24, 2.45) is 5.92 Å². The Morgan fingerprint density at radius 2 is 2.32 bits per heavy atom. The minimum atomic E-state index is -0.197. The molecular weight excluding hydrogens is 246 g/mol. The van der Waals surface area contributed by atoms with Gasteiger partial charge in [-0.25, -0.2) is 9.50 Å². The zero-order valence-electron chi connectivity index (χ0n) is 10.6. The third-order valence-electron chi connectivity index (χ3n) is 3.55. The van der Waals surface area contributed by atoms with Crippen molar-refractivity contribution >= 4 is 11.7 Å². The molecular formula is C12H15N5O2. The quantitative estimate of drug-likeness (QED) is 0.807. The van der Waals surface area contributed by atoms with E-state index < -0.39 is 0 Å². The number of aryl methyl sites for hydroxylation is 1. The van der Waals surface area contributed by atoms with Gasteiger partial charge >= 0.3 is 0 Å². The molecule has 1 aliphatic rings. The summed E-state index contributed by atoms with van der Waals surface area (Å²) in [5.74, 6) is 0.697. The lowest BCUT2D eigenvalue weighted by atomic mass is 9.82. The molecule has 0 spiro atoms. The third kappa shape index (κ3) is 2.17. The third-order valence-corrected chi connectivity index (χ3v) is 3.55. The van der Waals surface area contributed by atoms with E-state index in [9.17, 15) is 9.90 Å². The van der Waals surface area contributed by atoms with Gasteiger partial charge in [0.05, 0.1) is 17.4 Å². The molecule has 19 heavy (non-hydrogen) atoms. The summed E-state index contributed by atoms with van der Waals surface area (Å²) in [5.41, 5.74) is 1.21. The normalized spacial score (nSPS) is 22.2. The Labute approximate surface area is 109 Å². The molecule has 7 heteroatoms. The number of nitrogens with one attached hydrogen (secondary N) is 1. The van der Waals surface area contributed by atoms with Crippen LogP contribution in [-0.2, 0) is 0 Å². The van der Waals surface area contributed by atoms with Crippen molar-refractivity contribution in [2.45, 2.75) is 25.9 Å². The standard InChI is InChI=1S/C12H15N5O2/c1-7-10(5-14-12-15-6-16-17(7)12)11(19)13-4-8-2-9(18)3-8/h5-6,8-9,18H,2-4H2,1H3,(H,13,19).